The molecule has 0 spiro atoms. The zero-order valence-corrected chi connectivity index (χ0v) is 17.2. The van der Waals surface area contributed by atoms with Crippen LogP contribution in [0, 0.1) is 23.2 Å². The molecule has 1 saturated heterocycles. The summed E-state index contributed by atoms with van der Waals surface area (Å²) >= 11 is 0. The quantitative estimate of drug-likeness (QED) is 0.184. The van der Waals surface area contributed by atoms with E-state index in [0.29, 0.717) is 6.42 Å². The third-order valence-corrected chi connectivity index (χ3v) is 7.48. The van der Waals surface area contributed by atoms with Crippen molar-refractivity contribution in [2.45, 2.75) is 101 Å². The SMILES string of the molecule is FC(F)(CCCCCC12CC3CC(CC(C3)C1)C2)C(F)(F)OC(F)(F)C(F)(F)C1OOO1. The zero-order valence-electron chi connectivity index (χ0n) is 17.2. The summed E-state index contributed by atoms with van der Waals surface area (Å²) in [5.74, 6) is -8.37. The Bertz CT molecular complexity index is 647. The van der Waals surface area contributed by atoms with Crippen molar-refractivity contribution in [1.29, 1.82) is 0 Å². The molecule has 5 aliphatic rings. The number of unbranched alkanes of at least 4 members (excludes halogenated alkanes) is 2. The lowest BCUT2D eigenvalue weighted by Gasteiger charge is -2.57. The molecule has 1 aliphatic heterocycles. The number of ether oxygens (including phenoxy) is 1. The van der Waals surface area contributed by atoms with E-state index in [1.165, 1.54) is 19.3 Å². The van der Waals surface area contributed by atoms with Gasteiger partial charge in [-0.3, -0.25) is 0 Å². The summed E-state index contributed by atoms with van der Waals surface area (Å²) in [6.45, 7) is 0. The Labute approximate surface area is 179 Å². The van der Waals surface area contributed by atoms with Crippen molar-refractivity contribution >= 4 is 0 Å². The van der Waals surface area contributed by atoms with Crippen LogP contribution in [0.15, 0.2) is 0 Å². The van der Waals surface area contributed by atoms with Crippen LogP contribution in [0.25, 0.3) is 0 Å². The van der Waals surface area contributed by atoms with Crippen LogP contribution in [0.1, 0.15) is 70.6 Å². The van der Waals surface area contributed by atoms with Crippen molar-refractivity contribution in [3.63, 3.8) is 0 Å². The van der Waals surface area contributed by atoms with Crippen LogP contribution < -0.4 is 0 Å². The van der Waals surface area contributed by atoms with Gasteiger partial charge >= 0.3 is 30.4 Å². The van der Waals surface area contributed by atoms with E-state index in [1.54, 1.807) is 0 Å². The maximum Gasteiger partial charge on any atom is 0.429 e. The highest BCUT2D eigenvalue weighted by molar-refractivity contribution is 5.01. The van der Waals surface area contributed by atoms with E-state index >= 15 is 0 Å². The molecule has 5 rings (SSSR count). The molecule has 0 N–H and O–H groups in total. The molecule has 5 fully saturated rings. The summed E-state index contributed by atoms with van der Waals surface area (Å²) in [7, 11) is 0. The van der Waals surface area contributed by atoms with Crippen molar-refractivity contribution in [3.05, 3.63) is 0 Å². The first-order valence-corrected chi connectivity index (χ1v) is 11.0. The van der Waals surface area contributed by atoms with Crippen LogP contribution in [0.2, 0.25) is 0 Å². The van der Waals surface area contributed by atoms with Gasteiger partial charge in [0.25, 0.3) is 0 Å². The van der Waals surface area contributed by atoms with Gasteiger partial charge in [-0.25, -0.2) is 4.74 Å². The third-order valence-electron chi connectivity index (χ3n) is 7.48. The highest BCUT2D eigenvalue weighted by atomic mass is 19.3. The number of hydrogen-bond acceptors (Lipinski definition) is 4. The molecule has 32 heavy (non-hydrogen) atoms. The minimum absolute atomic E-state index is 0.209. The Morgan fingerprint density at radius 2 is 1.25 bits per heavy atom. The molecule has 186 valence electrons. The standard InChI is InChI=1S/C20H26F8O4/c21-17(22,19(25,26)31-20(27,28)18(23,24)15-29-32-30-15)5-3-1-2-4-16-9-12-6-13(10-16)8-14(7-12)11-16/h12-15H,1-11H2. The Morgan fingerprint density at radius 3 is 1.72 bits per heavy atom. The van der Waals surface area contributed by atoms with E-state index in [9.17, 15) is 35.1 Å². The summed E-state index contributed by atoms with van der Waals surface area (Å²) in [5.41, 5.74) is 0.216. The second kappa shape index (κ2) is 8.20. The lowest BCUT2D eigenvalue weighted by Crippen LogP contribution is -2.60. The van der Waals surface area contributed by atoms with E-state index in [4.69, 9.17) is 0 Å². The fourth-order valence-corrected chi connectivity index (χ4v) is 6.41. The second-order valence-electron chi connectivity index (χ2n) is 10.0. The van der Waals surface area contributed by atoms with Gasteiger partial charge in [0.15, 0.2) is 0 Å². The molecule has 0 atom stereocenters. The van der Waals surface area contributed by atoms with Crippen LogP contribution in [-0.4, -0.2) is 30.4 Å². The van der Waals surface area contributed by atoms with Gasteiger partial charge in [0.2, 0.25) is 0 Å². The highest BCUT2D eigenvalue weighted by Gasteiger charge is 2.73. The second-order valence-corrected chi connectivity index (χ2v) is 10.0. The average molecular weight is 482 g/mol. The van der Waals surface area contributed by atoms with E-state index in [2.05, 4.69) is 19.6 Å². The normalized spacial score (nSPS) is 33.6. The zero-order chi connectivity index (χ0) is 23.4. The number of alkyl halides is 8. The van der Waals surface area contributed by atoms with E-state index in [1.807, 2.05) is 0 Å². The van der Waals surface area contributed by atoms with Crippen LogP contribution in [-0.2, 0) is 19.6 Å². The first-order chi connectivity index (χ1) is 14.8. The van der Waals surface area contributed by atoms with Gasteiger partial charge in [-0.1, -0.05) is 17.9 Å². The number of rotatable bonds is 11. The van der Waals surface area contributed by atoms with E-state index in [-0.39, 0.29) is 18.3 Å². The first-order valence-electron chi connectivity index (χ1n) is 11.0. The molecule has 4 nitrogen and oxygen atoms in total. The molecule has 1 heterocycles. The van der Waals surface area contributed by atoms with Gasteiger partial charge in [-0.15, -0.1) is 0 Å². The van der Waals surface area contributed by atoms with Crippen molar-refractivity contribution in [2.24, 2.45) is 23.2 Å². The van der Waals surface area contributed by atoms with Gasteiger partial charge in [0.1, 0.15) is 0 Å². The monoisotopic (exact) mass is 482 g/mol. The topological polar surface area (TPSA) is 36.9 Å². The van der Waals surface area contributed by atoms with Crippen molar-refractivity contribution < 1.29 is 54.7 Å². The summed E-state index contributed by atoms with van der Waals surface area (Å²) < 4.78 is 112. The van der Waals surface area contributed by atoms with Crippen molar-refractivity contribution in [1.82, 2.24) is 0 Å². The molecule has 4 aliphatic carbocycles. The van der Waals surface area contributed by atoms with Gasteiger partial charge < -0.3 is 0 Å². The highest BCUT2D eigenvalue weighted by Crippen LogP contribution is 2.61. The summed E-state index contributed by atoms with van der Waals surface area (Å²) in [4.78, 5) is 6.99. The molecule has 0 aromatic carbocycles. The van der Waals surface area contributed by atoms with Crippen LogP contribution >= 0.6 is 0 Å². The van der Waals surface area contributed by atoms with Gasteiger partial charge in [0.05, 0.1) is 0 Å². The van der Waals surface area contributed by atoms with Gasteiger partial charge in [-0.05, 0) is 74.5 Å². The molecular weight excluding hydrogens is 456 g/mol. The number of halogens is 8. The Morgan fingerprint density at radius 1 is 0.719 bits per heavy atom. The molecule has 12 heteroatoms. The average Bonchev–Trinajstić information content (AvgIpc) is 2.56. The third kappa shape index (κ3) is 4.48. The van der Waals surface area contributed by atoms with E-state index in [0.717, 1.165) is 43.4 Å². The molecular formula is C20H26F8O4. The minimum Gasteiger partial charge on any atom is -0.245 e. The Kier molecular flexibility index (Phi) is 6.25. The van der Waals surface area contributed by atoms with E-state index < -0.39 is 36.8 Å². The Balaban J connectivity index is 1.24. The molecule has 0 radical (unpaired) electrons. The van der Waals surface area contributed by atoms with Crippen molar-refractivity contribution in [2.75, 3.05) is 0 Å². The lowest BCUT2D eigenvalue weighted by atomic mass is 9.48. The lowest BCUT2D eigenvalue weighted by molar-refractivity contribution is -0.719. The number of hydrogen-bond donors (Lipinski definition) is 0. The smallest absolute Gasteiger partial charge is 0.245 e. The largest absolute Gasteiger partial charge is 0.429 e. The fraction of sp³-hybridized carbons (Fsp3) is 1.00. The van der Waals surface area contributed by atoms with Crippen LogP contribution in [0.5, 0.6) is 0 Å². The maximum atomic E-state index is 13.9. The predicted octanol–water partition coefficient (Wildman–Crippen LogP) is 6.85. The first kappa shape index (κ1) is 24.4. The molecule has 0 aromatic rings. The molecule has 0 amide bonds. The maximum absolute atomic E-state index is 13.9. The minimum atomic E-state index is -5.99. The van der Waals surface area contributed by atoms with Gasteiger partial charge in [0, 0.05) is 6.42 Å². The van der Waals surface area contributed by atoms with Gasteiger partial charge in [-0.2, -0.15) is 44.9 Å². The van der Waals surface area contributed by atoms with Crippen molar-refractivity contribution in [3.8, 4) is 0 Å². The molecule has 0 unspecified atom stereocenters. The molecule has 0 aromatic heterocycles. The fourth-order valence-electron chi connectivity index (χ4n) is 6.41. The summed E-state index contributed by atoms with van der Waals surface area (Å²) in [6, 6.07) is 0. The summed E-state index contributed by atoms with van der Waals surface area (Å²) in [6.07, 6.45) is -7.95. The molecule has 4 bridgehead atoms. The Hall–Kier alpha value is -0.720. The summed E-state index contributed by atoms with van der Waals surface area (Å²) in [5, 5.41) is 3.36. The predicted molar refractivity (Wildman–Crippen MR) is 91.6 cm³/mol. The van der Waals surface area contributed by atoms with Crippen LogP contribution in [0.3, 0.4) is 0 Å². The van der Waals surface area contributed by atoms with Crippen LogP contribution in [0.4, 0.5) is 35.1 Å². The molecule has 4 saturated carbocycles.